The van der Waals surface area contributed by atoms with Crippen molar-refractivity contribution in [1.82, 2.24) is 4.90 Å². The Morgan fingerprint density at radius 1 is 1.38 bits per heavy atom. The van der Waals surface area contributed by atoms with E-state index in [2.05, 4.69) is 13.8 Å². The molecule has 1 aliphatic rings. The normalized spacial score (nSPS) is 29.0. The van der Waals surface area contributed by atoms with E-state index in [1.165, 1.54) is 6.42 Å². The molecule has 76 valence electrons. The van der Waals surface area contributed by atoms with Crippen LogP contribution in [-0.2, 0) is 4.79 Å². The van der Waals surface area contributed by atoms with Gasteiger partial charge in [0.15, 0.2) is 0 Å². The summed E-state index contributed by atoms with van der Waals surface area (Å²) in [6.45, 7) is 4.25. The summed E-state index contributed by atoms with van der Waals surface area (Å²) < 4.78 is 0. The van der Waals surface area contributed by atoms with Crippen molar-refractivity contribution in [2.45, 2.75) is 51.6 Å². The van der Waals surface area contributed by atoms with Gasteiger partial charge in [0.05, 0.1) is 0 Å². The van der Waals surface area contributed by atoms with Gasteiger partial charge in [-0.15, -0.1) is 11.6 Å². The number of hydrogen-bond acceptors (Lipinski definition) is 1. The second-order valence-corrected chi connectivity index (χ2v) is 4.25. The molecular formula is C10H18ClNO. The summed E-state index contributed by atoms with van der Waals surface area (Å²) in [5, 5.41) is 0. The number of halogens is 1. The van der Waals surface area contributed by atoms with Crippen molar-refractivity contribution in [3.63, 3.8) is 0 Å². The predicted molar refractivity (Wildman–Crippen MR) is 55.0 cm³/mol. The maximum Gasteiger partial charge on any atom is 0.224 e. The van der Waals surface area contributed by atoms with Crippen molar-refractivity contribution in [3.8, 4) is 0 Å². The first-order valence-corrected chi connectivity index (χ1v) is 5.57. The van der Waals surface area contributed by atoms with Gasteiger partial charge in [-0.3, -0.25) is 4.79 Å². The average Bonchev–Trinajstić information content (AvgIpc) is 2.04. The van der Waals surface area contributed by atoms with Crippen LogP contribution in [0.5, 0.6) is 0 Å². The maximum atomic E-state index is 11.7. The first-order valence-electron chi connectivity index (χ1n) is 5.04. The summed E-state index contributed by atoms with van der Waals surface area (Å²) in [5.41, 5.74) is 0. The molecular weight excluding hydrogens is 186 g/mol. The van der Waals surface area contributed by atoms with E-state index in [1.807, 2.05) is 4.90 Å². The minimum atomic E-state index is 0.217. The number of likely N-dealkylation sites (tertiary alicyclic amines) is 1. The van der Waals surface area contributed by atoms with Gasteiger partial charge < -0.3 is 4.90 Å². The molecule has 13 heavy (non-hydrogen) atoms. The lowest BCUT2D eigenvalue weighted by Gasteiger charge is -2.39. The molecule has 0 unspecified atom stereocenters. The van der Waals surface area contributed by atoms with Crippen molar-refractivity contribution in [1.29, 1.82) is 0 Å². The van der Waals surface area contributed by atoms with Gasteiger partial charge in [0.25, 0.3) is 0 Å². The summed E-state index contributed by atoms with van der Waals surface area (Å²) in [6, 6.07) is 0.805. The minimum Gasteiger partial charge on any atom is -0.337 e. The van der Waals surface area contributed by atoms with E-state index in [-0.39, 0.29) is 5.91 Å². The smallest absolute Gasteiger partial charge is 0.224 e. The number of rotatable bonds is 2. The molecule has 0 radical (unpaired) electrons. The monoisotopic (exact) mass is 203 g/mol. The van der Waals surface area contributed by atoms with Crippen LogP contribution in [0.4, 0.5) is 0 Å². The molecule has 0 saturated carbocycles. The highest BCUT2D eigenvalue weighted by Crippen LogP contribution is 2.23. The van der Waals surface area contributed by atoms with Crippen LogP contribution in [-0.4, -0.2) is 28.8 Å². The van der Waals surface area contributed by atoms with Crippen LogP contribution in [0.15, 0.2) is 0 Å². The van der Waals surface area contributed by atoms with Crippen LogP contribution in [0.1, 0.15) is 39.5 Å². The SMILES string of the molecule is C[C@@H]1CCC[C@H](C)N1C(=O)CCCl. The third-order valence-electron chi connectivity index (χ3n) is 2.79. The summed E-state index contributed by atoms with van der Waals surface area (Å²) >= 11 is 5.56. The second-order valence-electron chi connectivity index (χ2n) is 3.87. The van der Waals surface area contributed by atoms with Crippen molar-refractivity contribution >= 4 is 17.5 Å². The van der Waals surface area contributed by atoms with Crippen molar-refractivity contribution in [3.05, 3.63) is 0 Å². The highest BCUT2D eigenvalue weighted by molar-refractivity contribution is 6.18. The summed E-state index contributed by atoms with van der Waals surface area (Å²) in [5.74, 6) is 0.657. The molecule has 0 spiro atoms. The molecule has 0 N–H and O–H groups in total. The molecule has 0 aliphatic carbocycles. The Balaban J connectivity index is 2.57. The largest absolute Gasteiger partial charge is 0.337 e. The topological polar surface area (TPSA) is 20.3 Å². The Hall–Kier alpha value is -0.240. The van der Waals surface area contributed by atoms with Gasteiger partial charge in [0.2, 0.25) is 5.91 Å². The number of carbonyl (C=O) groups excluding carboxylic acids is 1. The van der Waals surface area contributed by atoms with E-state index < -0.39 is 0 Å². The fourth-order valence-corrected chi connectivity index (χ4v) is 2.28. The summed E-state index contributed by atoms with van der Waals surface area (Å²) in [4.78, 5) is 13.7. The Labute approximate surface area is 85.2 Å². The van der Waals surface area contributed by atoms with Crippen molar-refractivity contribution in [2.75, 3.05) is 5.88 Å². The second kappa shape index (κ2) is 4.85. The first kappa shape index (κ1) is 10.8. The van der Waals surface area contributed by atoms with Gasteiger partial charge in [-0.05, 0) is 33.1 Å². The zero-order valence-electron chi connectivity index (χ0n) is 8.42. The van der Waals surface area contributed by atoms with Crippen molar-refractivity contribution < 1.29 is 4.79 Å². The van der Waals surface area contributed by atoms with Gasteiger partial charge >= 0.3 is 0 Å². The van der Waals surface area contributed by atoms with Crippen LogP contribution in [0.25, 0.3) is 0 Å². The quantitative estimate of drug-likeness (QED) is 0.632. The van der Waals surface area contributed by atoms with Crippen LogP contribution in [0, 0.1) is 0 Å². The molecule has 2 nitrogen and oxygen atoms in total. The molecule has 1 aliphatic heterocycles. The minimum absolute atomic E-state index is 0.217. The molecule has 1 fully saturated rings. The van der Waals surface area contributed by atoms with Gasteiger partial charge in [-0.25, -0.2) is 0 Å². The highest BCUT2D eigenvalue weighted by Gasteiger charge is 2.27. The first-order chi connectivity index (χ1) is 6.16. The maximum absolute atomic E-state index is 11.7. The zero-order chi connectivity index (χ0) is 9.84. The van der Waals surface area contributed by atoms with Gasteiger partial charge in [-0.2, -0.15) is 0 Å². The molecule has 0 aromatic rings. The van der Waals surface area contributed by atoms with E-state index in [0.29, 0.717) is 24.4 Å². The Bertz CT molecular complexity index is 174. The van der Waals surface area contributed by atoms with E-state index in [0.717, 1.165) is 12.8 Å². The molecule has 1 saturated heterocycles. The standard InChI is InChI=1S/C10H18ClNO/c1-8-4-3-5-9(2)12(8)10(13)6-7-11/h8-9H,3-7H2,1-2H3/t8-,9+. The number of amides is 1. The molecule has 1 heterocycles. The zero-order valence-corrected chi connectivity index (χ0v) is 9.18. The molecule has 0 bridgehead atoms. The predicted octanol–water partition coefficient (Wildman–Crippen LogP) is 2.40. The summed E-state index contributed by atoms with van der Waals surface area (Å²) in [6.07, 6.45) is 4.00. The van der Waals surface area contributed by atoms with Crippen LogP contribution < -0.4 is 0 Å². The number of carbonyl (C=O) groups is 1. The number of alkyl halides is 1. The van der Waals surface area contributed by atoms with Gasteiger partial charge in [-0.1, -0.05) is 0 Å². The van der Waals surface area contributed by atoms with Gasteiger partial charge in [0.1, 0.15) is 0 Å². The molecule has 3 heteroatoms. The molecule has 1 amide bonds. The number of nitrogens with zero attached hydrogens (tertiary/aromatic N) is 1. The number of hydrogen-bond donors (Lipinski definition) is 0. The fourth-order valence-electron chi connectivity index (χ4n) is 2.12. The molecule has 0 aromatic carbocycles. The van der Waals surface area contributed by atoms with E-state index >= 15 is 0 Å². The summed E-state index contributed by atoms with van der Waals surface area (Å²) in [7, 11) is 0. The van der Waals surface area contributed by atoms with E-state index in [4.69, 9.17) is 11.6 Å². The molecule has 0 aromatic heterocycles. The number of piperidine rings is 1. The molecule has 1 rings (SSSR count). The highest BCUT2D eigenvalue weighted by atomic mass is 35.5. The van der Waals surface area contributed by atoms with Crippen LogP contribution in [0.2, 0.25) is 0 Å². The Kier molecular flexibility index (Phi) is 4.04. The van der Waals surface area contributed by atoms with E-state index in [9.17, 15) is 4.79 Å². The molecule has 2 atom stereocenters. The van der Waals surface area contributed by atoms with Crippen molar-refractivity contribution in [2.24, 2.45) is 0 Å². The van der Waals surface area contributed by atoms with Gasteiger partial charge in [0, 0.05) is 24.4 Å². The lowest BCUT2D eigenvalue weighted by molar-refractivity contribution is -0.136. The third-order valence-corrected chi connectivity index (χ3v) is 2.98. The lowest BCUT2D eigenvalue weighted by Crippen LogP contribution is -2.47. The third kappa shape index (κ3) is 2.60. The lowest BCUT2D eigenvalue weighted by atomic mass is 9.97. The average molecular weight is 204 g/mol. The van der Waals surface area contributed by atoms with Crippen LogP contribution >= 0.6 is 11.6 Å². The van der Waals surface area contributed by atoms with Crippen LogP contribution in [0.3, 0.4) is 0 Å². The Morgan fingerprint density at radius 2 is 1.92 bits per heavy atom. The fraction of sp³-hybridized carbons (Fsp3) is 0.900. The Morgan fingerprint density at radius 3 is 2.38 bits per heavy atom. The van der Waals surface area contributed by atoms with E-state index in [1.54, 1.807) is 0 Å².